The Labute approximate surface area is 257 Å². The highest BCUT2D eigenvalue weighted by atomic mass is 35.5. The van der Waals surface area contributed by atoms with Gasteiger partial charge in [-0.25, -0.2) is 4.79 Å². The van der Waals surface area contributed by atoms with Gasteiger partial charge in [-0.1, -0.05) is 47.5 Å². The van der Waals surface area contributed by atoms with Crippen LogP contribution in [0, 0.1) is 0 Å². The number of carbonyl (C=O) groups excluding carboxylic acids is 1. The normalized spacial score (nSPS) is 19.1. The largest absolute Gasteiger partial charge is 0.497 e. The van der Waals surface area contributed by atoms with Crippen molar-refractivity contribution in [2.75, 3.05) is 46.4 Å². The highest BCUT2D eigenvalue weighted by Crippen LogP contribution is 2.45. The Morgan fingerprint density at radius 2 is 1.64 bits per heavy atom. The zero-order valence-electron chi connectivity index (χ0n) is 24.1. The summed E-state index contributed by atoms with van der Waals surface area (Å²) < 4.78 is 11.7. The highest BCUT2D eigenvalue weighted by Gasteiger charge is 2.43. The van der Waals surface area contributed by atoms with Gasteiger partial charge in [-0.2, -0.15) is 0 Å². The Kier molecular flexibility index (Phi) is 9.90. The number of ether oxygens (including phenoxy) is 2. The molecule has 0 radical (unpaired) electrons. The van der Waals surface area contributed by atoms with Gasteiger partial charge >= 0.3 is 6.03 Å². The smallest absolute Gasteiger partial charge is 0.323 e. The van der Waals surface area contributed by atoms with Gasteiger partial charge in [-0.3, -0.25) is 14.8 Å². The van der Waals surface area contributed by atoms with Crippen molar-refractivity contribution in [2.45, 2.75) is 32.0 Å². The molecule has 1 saturated heterocycles. The molecule has 42 heavy (non-hydrogen) atoms. The first kappa shape index (κ1) is 30.2. The van der Waals surface area contributed by atoms with Gasteiger partial charge in [0.1, 0.15) is 23.4 Å². The van der Waals surface area contributed by atoms with Crippen LogP contribution in [0.3, 0.4) is 0 Å². The molecule has 2 atom stereocenters. The molecular formula is C32H37Cl2N5O3. The van der Waals surface area contributed by atoms with Crippen molar-refractivity contribution in [3.63, 3.8) is 0 Å². The van der Waals surface area contributed by atoms with Crippen molar-refractivity contribution in [1.29, 1.82) is 0 Å². The molecule has 2 aliphatic heterocycles. The maximum Gasteiger partial charge on any atom is 0.323 e. The van der Waals surface area contributed by atoms with Crippen LogP contribution in [0.25, 0.3) is 0 Å². The van der Waals surface area contributed by atoms with E-state index in [0.29, 0.717) is 39.5 Å². The molecule has 2 amide bonds. The average Bonchev–Trinajstić information content (AvgIpc) is 3.38. The molecular weight excluding hydrogens is 573 g/mol. The van der Waals surface area contributed by atoms with Crippen molar-refractivity contribution in [3.8, 4) is 11.5 Å². The predicted octanol–water partition coefficient (Wildman–Crippen LogP) is 5.95. The first-order valence-electron chi connectivity index (χ1n) is 14.3. The van der Waals surface area contributed by atoms with Gasteiger partial charge in [0.25, 0.3) is 0 Å². The molecule has 2 aliphatic rings. The molecule has 0 saturated carbocycles. The zero-order chi connectivity index (χ0) is 29.6. The lowest BCUT2D eigenvalue weighted by Crippen LogP contribution is -2.49. The minimum atomic E-state index is -0.438. The summed E-state index contributed by atoms with van der Waals surface area (Å²) in [5, 5.41) is 7.80. The minimum absolute atomic E-state index is 0.0988. The maximum absolute atomic E-state index is 14.2. The number of urea groups is 1. The van der Waals surface area contributed by atoms with Gasteiger partial charge in [0, 0.05) is 55.4 Å². The summed E-state index contributed by atoms with van der Waals surface area (Å²) in [7, 11) is 1.62. The van der Waals surface area contributed by atoms with E-state index >= 15 is 0 Å². The first-order chi connectivity index (χ1) is 20.3. The molecule has 0 spiro atoms. The third kappa shape index (κ3) is 7.01. The van der Waals surface area contributed by atoms with Crippen LogP contribution >= 0.6 is 23.2 Å². The molecule has 3 aromatic rings. The fourth-order valence-corrected chi connectivity index (χ4v) is 5.63. The molecule has 3 aromatic carbocycles. The molecule has 222 valence electrons. The number of halogens is 2. The molecule has 0 aromatic heterocycles. The van der Waals surface area contributed by atoms with E-state index in [0.717, 1.165) is 43.9 Å². The topological polar surface area (TPSA) is 78.4 Å². The Balaban J connectivity index is 1.58. The van der Waals surface area contributed by atoms with Crippen molar-refractivity contribution >= 4 is 35.1 Å². The number of aliphatic imine (C=N–C) groups is 1. The van der Waals surface area contributed by atoms with Crippen LogP contribution in [0.5, 0.6) is 11.5 Å². The van der Waals surface area contributed by atoms with Crippen molar-refractivity contribution in [1.82, 2.24) is 20.4 Å². The van der Waals surface area contributed by atoms with Gasteiger partial charge in [0.2, 0.25) is 0 Å². The van der Waals surface area contributed by atoms with Crippen LogP contribution < -0.4 is 20.1 Å². The molecule has 2 N–H and O–H groups in total. The number of carbonyl (C=O) groups is 1. The fraction of sp³-hybridized carbons (Fsp3) is 0.375. The number of rotatable bonds is 9. The van der Waals surface area contributed by atoms with E-state index in [9.17, 15) is 4.79 Å². The highest BCUT2D eigenvalue weighted by molar-refractivity contribution is 6.30. The second-order valence-corrected chi connectivity index (χ2v) is 11.5. The molecule has 8 nitrogen and oxygen atoms in total. The van der Waals surface area contributed by atoms with E-state index in [-0.39, 0.29) is 12.1 Å². The lowest BCUT2D eigenvalue weighted by atomic mass is 9.94. The first-order valence-corrected chi connectivity index (χ1v) is 15.0. The fourth-order valence-electron chi connectivity index (χ4n) is 5.37. The number of hydrogen-bond acceptors (Lipinski definition) is 6. The minimum Gasteiger partial charge on any atom is -0.497 e. The second kappa shape index (κ2) is 13.8. The summed E-state index contributed by atoms with van der Waals surface area (Å²) in [5.74, 6) is 1.77. The van der Waals surface area contributed by atoms with E-state index in [1.54, 1.807) is 12.0 Å². The van der Waals surface area contributed by atoms with Gasteiger partial charge in [-0.15, -0.1) is 0 Å². The van der Waals surface area contributed by atoms with E-state index in [4.69, 9.17) is 37.7 Å². The van der Waals surface area contributed by atoms with E-state index in [1.165, 1.54) is 0 Å². The number of benzene rings is 3. The van der Waals surface area contributed by atoms with Crippen molar-refractivity contribution < 1.29 is 14.3 Å². The standard InChI is InChI=1S/C32H37Cl2N5O3/c1-21(2)42-28-20-26(41-3)12-13-27(28)31-37-29(22-4-8-24(33)9-5-22)30(23-6-10-25(34)11-7-23)39(31)32(40)36-16-19-38-17-14-35-15-18-38/h4-13,20-21,29-30,35H,14-19H2,1-3H3,(H,36,40). The van der Waals surface area contributed by atoms with E-state index in [2.05, 4.69) is 15.5 Å². The Bertz CT molecular complexity index is 1390. The Morgan fingerprint density at radius 3 is 2.26 bits per heavy atom. The van der Waals surface area contributed by atoms with Crippen LogP contribution in [0.2, 0.25) is 10.0 Å². The molecule has 0 bridgehead atoms. The van der Waals surface area contributed by atoms with Gasteiger partial charge in [-0.05, 0) is 61.4 Å². The predicted molar refractivity (Wildman–Crippen MR) is 168 cm³/mol. The van der Waals surface area contributed by atoms with Crippen molar-refractivity contribution in [3.05, 3.63) is 93.5 Å². The van der Waals surface area contributed by atoms with Gasteiger partial charge < -0.3 is 20.1 Å². The summed E-state index contributed by atoms with van der Waals surface area (Å²) >= 11 is 12.5. The molecule has 2 unspecified atom stereocenters. The maximum atomic E-state index is 14.2. The Hall–Kier alpha value is -3.30. The van der Waals surface area contributed by atoms with Crippen LogP contribution in [0.1, 0.15) is 42.6 Å². The summed E-state index contributed by atoms with van der Waals surface area (Å²) in [5.41, 5.74) is 2.56. The number of nitrogens with zero attached hydrogens (tertiary/aromatic N) is 3. The van der Waals surface area contributed by atoms with E-state index < -0.39 is 12.1 Å². The number of methoxy groups -OCH3 is 1. The summed E-state index contributed by atoms with van der Waals surface area (Å²) in [4.78, 5) is 23.5. The molecule has 2 heterocycles. The van der Waals surface area contributed by atoms with Gasteiger partial charge in [0.15, 0.2) is 0 Å². The second-order valence-electron chi connectivity index (χ2n) is 10.7. The molecule has 5 rings (SSSR count). The van der Waals surface area contributed by atoms with Crippen LogP contribution in [0.15, 0.2) is 71.7 Å². The quantitative estimate of drug-likeness (QED) is 0.313. The van der Waals surface area contributed by atoms with Crippen molar-refractivity contribution in [2.24, 2.45) is 4.99 Å². The lowest BCUT2D eigenvalue weighted by molar-refractivity contribution is 0.202. The summed E-state index contributed by atoms with van der Waals surface area (Å²) in [6, 6.07) is 19.7. The zero-order valence-corrected chi connectivity index (χ0v) is 25.7. The Morgan fingerprint density at radius 1 is 1.00 bits per heavy atom. The molecule has 1 fully saturated rings. The molecule has 10 heteroatoms. The van der Waals surface area contributed by atoms with Crippen LogP contribution in [-0.4, -0.2) is 74.1 Å². The summed E-state index contributed by atoms with van der Waals surface area (Å²) in [6.07, 6.45) is -0.0988. The van der Waals surface area contributed by atoms with E-state index in [1.807, 2.05) is 80.6 Å². The third-order valence-electron chi connectivity index (χ3n) is 7.41. The SMILES string of the molecule is COc1ccc(C2=NC(c3ccc(Cl)cc3)C(c3ccc(Cl)cc3)N2C(=O)NCCN2CCNCC2)c(OC(C)C)c1. The number of amidine groups is 1. The monoisotopic (exact) mass is 609 g/mol. The number of nitrogens with one attached hydrogen (secondary N) is 2. The number of amides is 2. The number of hydrogen-bond donors (Lipinski definition) is 2. The lowest BCUT2D eigenvalue weighted by Gasteiger charge is -2.31. The molecule has 0 aliphatic carbocycles. The van der Waals surface area contributed by atoms with Crippen LogP contribution in [0.4, 0.5) is 4.79 Å². The third-order valence-corrected chi connectivity index (χ3v) is 7.92. The van der Waals surface area contributed by atoms with Crippen LogP contribution in [-0.2, 0) is 0 Å². The number of piperazine rings is 1. The average molecular weight is 611 g/mol. The van der Waals surface area contributed by atoms with Gasteiger partial charge in [0.05, 0.1) is 24.8 Å². The summed E-state index contributed by atoms with van der Waals surface area (Å²) in [6.45, 7) is 9.04.